The first kappa shape index (κ1) is 14.0. The van der Waals surface area contributed by atoms with E-state index in [9.17, 15) is 4.79 Å². The smallest absolute Gasteiger partial charge is 0.240 e. The molecule has 0 aromatic carbocycles. The van der Waals surface area contributed by atoms with Gasteiger partial charge in [0.15, 0.2) is 5.82 Å². The molecular formula is C13H23N5O. The summed E-state index contributed by atoms with van der Waals surface area (Å²) in [6.07, 6.45) is 4.86. The zero-order valence-electron chi connectivity index (χ0n) is 11.8. The van der Waals surface area contributed by atoms with Crippen molar-refractivity contribution in [2.24, 2.45) is 5.73 Å². The zero-order chi connectivity index (χ0) is 13.9. The maximum atomic E-state index is 12.0. The summed E-state index contributed by atoms with van der Waals surface area (Å²) in [7, 11) is 0. The minimum absolute atomic E-state index is 0.123. The van der Waals surface area contributed by atoms with Crippen LogP contribution in [0.3, 0.4) is 0 Å². The number of aromatic nitrogens is 3. The molecule has 6 nitrogen and oxygen atoms in total. The third-order valence-corrected chi connectivity index (χ3v) is 3.63. The van der Waals surface area contributed by atoms with Crippen molar-refractivity contribution in [2.75, 3.05) is 0 Å². The monoisotopic (exact) mass is 265 g/mol. The molecule has 0 fully saturated rings. The highest BCUT2D eigenvalue weighted by Gasteiger charge is 2.27. The summed E-state index contributed by atoms with van der Waals surface area (Å²) in [5, 5.41) is 11.2. The Bertz CT molecular complexity index is 452. The van der Waals surface area contributed by atoms with Crippen LogP contribution in [0.1, 0.15) is 51.2 Å². The Kier molecular flexibility index (Phi) is 4.19. The highest BCUT2D eigenvalue weighted by atomic mass is 16.2. The highest BCUT2D eigenvalue weighted by Crippen LogP contribution is 2.14. The van der Waals surface area contributed by atoms with Gasteiger partial charge < -0.3 is 15.6 Å². The maximum absolute atomic E-state index is 12.0. The Hall–Kier alpha value is -1.43. The molecular weight excluding hydrogens is 242 g/mol. The van der Waals surface area contributed by atoms with E-state index in [0.29, 0.717) is 13.0 Å². The number of rotatable bonds is 5. The van der Waals surface area contributed by atoms with E-state index in [4.69, 9.17) is 5.73 Å². The van der Waals surface area contributed by atoms with Crippen LogP contribution < -0.4 is 11.1 Å². The van der Waals surface area contributed by atoms with Gasteiger partial charge in [-0.15, -0.1) is 10.2 Å². The lowest BCUT2D eigenvalue weighted by Gasteiger charge is -2.23. The van der Waals surface area contributed by atoms with Gasteiger partial charge in [-0.25, -0.2) is 0 Å². The molecule has 1 aliphatic rings. The van der Waals surface area contributed by atoms with Gasteiger partial charge >= 0.3 is 0 Å². The van der Waals surface area contributed by atoms with Crippen LogP contribution in [-0.4, -0.2) is 26.2 Å². The Morgan fingerprint density at radius 1 is 1.47 bits per heavy atom. The van der Waals surface area contributed by atoms with Crippen LogP contribution in [0.5, 0.6) is 0 Å². The van der Waals surface area contributed by atoms with Crippen molar-refractivity contribution in [1.29, 1.82) is 0 Å². The predicted molar refractivity (Wildman–Crippen MR) is 72.3 cm³/mol. The minimum Gasteiger partial charge on any atom is -0.347 e. The molecule has 106 valence electrons. The second kappa shape index (κ2) is 5.69. The molecule has 0 bridgehead atoms. The molecule has 1 amide bonds. The number of carbonyl (C=O) groups is 1. The quantitative estimate of drug-likeness (QED) is 0.822. The first-order valence-electron chi connectivity index (χ1n) is 7.02. The van der Waals surface area contributed by atoms with E-state index in [1.165, 1.54) is 6.42 Å². The Morgan fingerprint density at radius 2 is 2.26 bits per heavy atom. The van der Waals surface area contributed by atoms with Crippen molar-refractivity contribution in [2.45, 2.75) is 64.6 Å². The molecule has 0 radical (unpaired) electrons. The molecule has 6 heteroatoms. The number of hydrogen-bond donors (Lipinski definition) is 2. The number of amides is 1. The van der Waals surface area contributed by atoms with Crippen LogP contribution >= 0.6 is 0 Å². The normalized spacial score (nSPS) is 17.6. The summed E-state index contributed by atoms with van der Waals surface area (Å²) in [5.74, 6) is 1.73. The highest BCUT2D eigenvalue weighted by molar-refractivity contribution is 5.85. The van der Waals surface area contributed by atoms with E-state index in [2.05, 4.69) is 20.1 Å². The second-order valence-corrected chi connectivity index (χ2v) is 5.49. The SMILES string of the molecule is CCCC(C)(N)C(=O)NCc1nnc2n1CCCC2. The summed E-state index contributed by atoms with van der Waals surface area (Å²) >= 11 is 0. The average molecular weight is 265 g/mol. The summed E-state index contributed by atoms with van der Waals surface area (Å²) < 4.78 is 2.11. The van der Waals surface area contributed by atoms with Gasteiger partial charge in [-0.3, -0.25) is 4.79 Å². The van der Waals surface area contributed by atoms with Crippen molar-refractivity contribution in [1.82, 2.24) is 20.1 Å². The predicted octanol–water partition coefficient (Wildman–Crippen LogP) is 0.748. The molecule has 1 atom stereocenters. The number of nitrogens with one attached hydrogen (secondary N) is 1. The maximum Gasteiger partial charge on any atom is 0.240 e. The molecule has 0 aliphatic carbocycles. The van der Waals surface area contributed by atoms with Crippen LogP contribution in [0.4, 0.5) is 0 Å². The molecule has 0 saturated carbocycles. The fraction of sp³-hybridized carbons (Fsp3) is 0.769. The first-order valence-corrected chi connectivity index (χ1v) is 7.02. The first-order chi connectivity index (χ1) is 9.04. The van der Waals surface area contributed by atoms with Crippen LogP contribution in [0, 0.1) is 0 Å². The second-order valence-electron chi connectivity index (χ2n) is 5.49. The molecule has 3 N–H and O–H groups in total. The van der Waals surface area contributed by atoms with Crippen molar-refractivity contribution >= 4 is 5.91 Å². The van der Waals surface area contributed by atoms with Gasteiger partial charge in [0, 0.05) is 13.0 Å². The molecule has 0 saturated heterocycles. The number of carbonyl (C=O) groups excluding carboxylic acids is 1. The Balaban J connectivity index is 1.96. The summed E-state index contributed by atoms with van der Waals surface area (Å²) in [6.45, 7) is 5.14. The van der Waals surface area contributed by atoms with E-state index < -0.39 is 5.54 Å². The summed E-state index contributed by atoms with van der Waals surface area (Å²) in [6, 6.07) is 0. The molecule has 1 unspecified atom stereocenters. The van der Waals surface area contributed by atoms with Crippen LogP contribution in [0.2, 0.25) is 0 Å². The van der Waals surface area contributed by atoms with E-state index in [-0.39, 0.29) is 5.91 Å². The van der Waals surface area contributed by atoms with Crippen molar-refractivity contribution in [3.63, 3.8) is 0 Å². The van der Waals surface area contributed by atoms with Gasteiger partial charge in [-0.1, -0.05) is 13.3 Å². The number of nitrogens with zero attached hydrogens (tertiary/aromatic N) is 3. The van der Waals surface area contributed by atoms with Gasteiger partial charge in [0.1, 0.15) is 5.82 Å². The van der Waals surface area contributed by atoms with E-state index >= 15 is 0 Å². The molecule has 2 rings (SSSR count). The third kappa shape index (κ3) is 3.12. The minimum atomic E-state index is -0.806. The van der Waals surface area contributed by atoms with E-state index in [1.807, 2.05) is 6.92 Å². The van der Waals surface area contributed by atoms with Crippen molar-refractivity contribution in [3.8, 4) is 0 Å². The Labute approximate surface area is 113 Å². The molecule has 2 heterocycles. The van der Waals surface area contributed by atoms with Gasteiger partial charge in [-0.05, 0) is 26.2 Å². The number of nitrogens with two attached hydrogens (primary N) is 1. The standard InChI is InChI=1S/C13H23N5O/c1-3-7-13(2,14)12(19)15-9-11-17-16-10-6-4-5-8-18(10)11/h3-9,14H2,1-2H3,(H,15,19). The molecule has 1 aromatic heterocycles. The summed E-state index contributed by atoms with van der Waals surface area (Å²) in [4.78, 5) is 12.0. The topological polar surface area (TPSA) is 85.8 Å². The number of aryl methyl sites for hydroxylation is 1. The number of hydrogen-bond acceptors (Lipinski definition) is 4. The lowest BCUT2D eigenvalue weighted by molar-refractivity contribution is -0.126. The van der Waals surface area contributed by atoms with Crippen molar-refractivity contribution in [3.05, 3.63) is 11.6 Å². The average Bonchev–Trinajstić information content (AvgIpc) is 2.79. The lowest BCUT2D eigenvalue weighted by atomic mass is 9.96. The van der Waals surface area contributed by atoms with Gasteiger partial charge in [0.05, 0.1) is 12.1 Å². The molecule has 1 aromatic rings. The third-order valence-electron chi connectivity index (χ3n) is 3.63. The van der Waals surface area contributed by atoms with Crippen LogP contribution in [0.25, 0.3) is 0 Å². The summed E-state index contributed by atoms with van der Waals surface area (Å²) in [5.41, 5.74) is 5.19. The lowest BCUT2D eigenvalue weighted by Crippen LogP contribution is -2.51. The van der Waals surface area contributed by atoms with Gasteiger partial charge in [0.2, 0.25) is 5.91 Å². The largest absolute Gasteiger partial charge is 0.347 e. The van der Waals surface area contributed by atoms with Gasteiger partial charge in [0.25, 0.3) is 0 Å². The fourth-order valence-electron chi connectivity index (χ4n) is 2.49. The van der Waals surface area contributed by atoms with Gasteiger partial charge in [-0.2, -0.15) is 0 Å². The van der Waals surface area contributed by atoms with Crippen LogP contribution in [0.15, 0.2) is 0 Å². The number of fused-ring (bicyclic) bond motifs is 1. The zero-order valence-corrected chi connectivity index (χ0v) is 11.8. The van der Waals surface area contributed by atoms with E-state index in [1.54, 1.807) is 6.92 Å². The van der Waals surface area contributed by atoms with E-state index in [0.717, 1.165) is 37.5 Å². The fourth-order valence-corrected chi connectivity index (χ4v) is 2.49. The molecule has 0 spiro atoms. The Morgan fingerprint density at radius 3 is 3.00 bits per heavy atom. The molecule has 19 heavy (non-hydrogen) atoms. The molecule has 1 aliphatic heterocycles. The van der Waals surface area contributed by atoms with Crippen LogP contribution in [-0.2, 0) is 24.3 Å². The van der Waals surface area contributed by atoms with Crippen molar-refractivity contribution < 1.29 is 4.79 Å².